The predicted octanol–water partition coefficient (Wildman–Crippen LogP) is 17.5. The molecule has 0 bridgehead atoms. The maximum absolute atomic E-state index is 12.3. The Hall–Kier alpha value is -14.1. The maximum Gasteiger partial charge on any atom is 0.277 e. The lowest BCUT2D eigenvalue weighted by Gasteiger charge is -2.14. The van der Waals surface area contributed by atoms with Gasteiger partial charge in [0.1, 0.15) is 101 Å². The number of aliphatic hydroxyl groups excluding tert-OH is 1. The van der Waals surface area contributed by atoms with E-state index in [1.165, 1.54) is 37.2 Å². The zero-order valence-corrected chi connectivity index (χ0v) is 53.5. The van der Waals surface area contributed by atoms with Crippen molar-refractivity contribution in [3.05, 3.63) is 315 Å². The van der Waals surface area contributed by atoms with E-state index in [9.17, 15) is 14.7 Å². The number of carbonyl (C=O) groups is 2. The van der Waals surface area contributed by atoms with Crippen molar-refractivity contribution in [3.8, 4) is 46.6 Å². The Morgan fingerprint density at radius 1 is 0.455 bits per heavy atom. The number of rotatable bonds is 23. The Morgan fingerprint density at radius 2 is 0.788 bits per heavy atom. The van der Waals surface area contributed by atoms with Crippen LogP contribution in [0.25, 0.3) is 0 Å². The highest BCUT2D eigenvalue weighted by Gasteiger charge is 2.14. The number of aromatic nitrogens is 6. The van der Waals surface area contributed by atoms with Crippen LogP contribution in [0.3, 0.4) is 0 Å². The van der Waals surface area contributed by atoms with Gasteiger partial charge in [-0.15, -0.1) is 0 Å². The van der Waals surface area contributed by atoms with Gasteiger partial charge in [0.15, 0.2) is 0 Å². The molecule has 490 valence electrons. The summed E-state index contributed by atoms with van der Waals surface area (Å²) in [5.41, 5.74) is 6.53. The molecular weight excluding hydrogens is 1250 g/mol. The molecule has 3 heterocycles. The number of nitrogens with zero attached hydrogens (tertiary/aromatic N) is 9. The van der Waals surface area contributed by atoms with Crippen molar-refractivity contribution in [3.63, 3.8) is 0 Å². The van der Waals surface area contributed by atoms with Gasteiger partial charge in [-0.25, -0.2) is 35.0 Å². The van der Waals surface area contributed by atoms with E-state index in [1.807, 2.05) is 194 Å². The van der Waals surface area contributed by atoms with Gasteiger partial charge in [0.05, 0.1) is 24.8 Å². The van der Waals surface area contributed by atoms with Gasteiger partial charge in [0.2, 0.25) is 0 Å². The molecule has 1 unspecified atom stereocenters. The third-order valence-electron chi connectivity index (χ3n) is 13.6. The Kier molecular flexibility index (Phi) is 25.5. The third-order valence-corrected chi connectivity index (χ3v) is 13.6. The summed E-state index contributed by atoms with van der Waals surface area (Å²) in [7, 11) is 3.00. The van der Waals surface area contributed by atoms with E-state index in [-0.39, 0.29) is 11.5 Å². The number of amides is 1. The van der Waals surface area contributed by atoms with Gasteiger partial charge in [0, 0.05) is 76.6 Å². The quantitative estimate of drug-likeness (QED) is 0.0178. The third kappa shape index (κ3) is 22.3. The van der Waals surface area contributed by atoms with Gasteiger partial charge in [-0.1, -0.05) is 98.1 Å². The van der Waals surface area contributed by atoms with E-state index in [0.717, 1.165) is 69.2 Å². The van der Waals surface area contributed by atoms with Crippen molar-refractivity contribution in [2.75, 3.05) is 46.1 Å². The smallest absolute Gasteiger partial charge is 0.277 e. The van der Waals surface area contributed by atoms with Crippen LogP contribution in [0.4, 0.5) is 69.0 Å². The summed E-state index contributed by atoms with van der Waals surface area (Å²) < 4.78 is 17.4. The average Bonchev–Trinajstić information content (AvgIpc) is 1.05. The number of hydrogen-bond donors (Lipinski definition) is 7. The lowest BCUT2D eigenvalue weighted by molar-refractivity contribution is -0.0756. The maximum atomic E-state index is 12.3. The lowest BCUT2D eigenvalue weighted by Crippen LogP contribution is -2.25. The van der Waals surface area contributed by atoms with Crippen LogP contribution in [0.1, 0.15) is 32.4 Å². The van der Waals surface area contributed by atoms with E-state index in [0.29, 0.717) is 57.3 Å². The Balaban J connectivity index is 0.000000169. The summed E-state index contributed by atoms with van der Waals surface area (Å²) in [6.45, 7) is 6.69. The molecule has 0 fully saturated rings. The van der Waals surface area contributed by atoms with Gasteiger partial charge in [0.25, 0.3) is 5.91 Å². The van der Waals surface area contributed by atoms with Crippen LogP contribution in [0.5, 0.6) is 34.5 Å². The highest BCUT2D eigenvalue weighted by atomic mass is 16.7. The fourth-order valence-corrected chi connectivity index (χ4v) is 8.80. The van der Waals surface area contributed by atoms with Crippen LogP contribution in [-0.4, -0.2) is 66.4 Å². The molecule has 7 N–H and O–H groups in total. The van der Waals surface area contributed by atoms with Crippen LogP contribution < -0.4 is 46.1 Å². The molecule has 3 aromatic heterocycles. The number of anilines is 12. The number of ether oxygens (including phenoxy) is 3. The Morgan fingerprint density at radius 3 is 1.14 bits per heavy atom. The zero-order valence-electron chi connectivity index (χ0n) is 53.5. The summed E-state index contributed by atoms with van der Waals surface area (Å²) in [6.07, 6.45) is 5.33. The normalized spacial score (nSPS) is 10.3. The van der Waals surface area contributed by atoms with Crippen molar-refractivity contribution in [2.45, 2.75) is 6.10 Å². The van der Waals surface area contributed by atoms with Crippen molar-refractivity contribution >= 4 is 81.2 Å². The van der Waals surface area contributed by atoms with E-state index >= 15 is 0 Å². The summed E-state index contributed by atoms with van der Waals surface area (Å²) in [4.78, 5) is 53.7. The molecule has 99 heavy (non-hydrogen) atoms. The number of benzene rings is 9. The minimum Gasteiger partial charge on any atom is -0.457 e. The number of aliphatic hydroxyl groups is 1. The van der Waals surface area contributed by atoms with E-state index in [4.69, 9.17) is 29.6 Å². The molecule has 22 nitrogen and oxygen atoms in total. The molecule has 1 atom stereocenters. The second kappa shape index (κ2) is 36.4. The minimum atomic E-state index is -1.05. The van der Waals surface area contributed by atoms with Crippen LogP contribution in [0.15, 0.2) is 299 Å². The monoisotopic (exact) mass is 1310 g/mol. The number of allylic oxidation sites excluding steroid dienone is 1. The number of aldehydes is 1. The first-order valence-electron chi connectivity index (χ1n) is 30.3. The van der Waals surface area contributed by atoms with Gasteiger partial charge in [-0.3, -0.25) is 14.4 Å². The van der Waals surface area contributed by atoms with Gasteiger partial charge in [-0.2, -0.15) is 10.5 Å². The summed E-state index contributed by atoms with van der Waals surface area (Å²) in [5, 5.41) is 47.1. The Labute approximate surface area is 571 Å². The van der Waals surface area contributed by atoms with Crippen molar-refractivity contribution in [1.29, 1.82) is 10.5 Å². The molecule has 0 aliphatic heterocycles. The summed E-state index contributed by atoms with van der Waals surface area (Å²) in [6, 6.07) is 81.9. The first kappa shape index (κ1) is 69.3. The standard InChI is InChI=1S/C26H21N5O2.C25H23N5O3.C23H18N4O2.C3H3N/c1-18(16-27)26(32)19-6-5-7-21(14-19)31-25-15-24(28-17-29-25)30-20-10-12-23(13-11-20)33-22-8-3-2-4-9-22;1-30(32-2)25(31)18-7-6-8-20(15-18)29-24-16-23(26-17-27-24)28-19-11-13-22(14-12-19)33-21-9-4-3-5-10-21;28-15-17-5-4-6-19(13-17)27-23-14-22(24-16-25-23)26-18-9-11-21(12-10-18)29-20-7-2-1-3-8-20;1-2-3-4/h2-15,17,26,32H,1H2,(H2,28,29,30,31);3-17H,1-2H3,(H2,26,27,28,29);1-16H,(H2,24,25,26,27);2H,1H2. The summed E-state index contributed by atoms with van der Waals surface area (Å²) in [5.74, 6) is 7.98. The van der Waals surface area contributed by atoms with Crippen LogP contribution >= 0.6 is 0 Å². The number of para-hydroxylation sites is 3. The van der Waals surface area contributed by atoms with Crippen LogP contribution in [-0.2, 0) is 4.84 Å². The second-order valence-electron chi connectivity index (χ2n) is 20.7. The number of carbonyl (C=O) groups excluding carboxylic acids is 2. The van der Waals surface area contributed by atoms with Gasteiger partial charge in [-0.05, 0) is 157 Å². The van der Waals surface area contributed by atoms with Crippen molar-refractivity contribution < 1.29 is 33.7 Å². The minimum absolute atomic E-state index is 0.0841. The number of nitrogens with one attached hydrogen (secondary N) is 6. The van der Waals surface area contributed by atoms with Crippen molar-refractivity contribution in [2.24, 2.45) is 0 Å². The predicted molar refractivity (Wildman–Crippen MR) is 384 cm³/mol. The number of hydroxylamine groups is 2. The molecule has 0 radical (unpaired) electrons. The molecule has 22 heteroatoms. The second-order valence-corrected chi connectivity index (χ2v) is 20.7. The molecule has 9 aromatic carbocycles. The van der Waals surface area contributed by atoms with Gasteiger partial charge >= 0.3 is 0 Å². The Bertz CT molecular complexity index is 4680. The summed E-state index contributed by atoms with van der Waals surface area (Å²) >= 11 is 0. The zero-order chi connectivity index (χ0) is 69.4. The van der Waals surface area contributed by atoms with Crippen LogP contribution in [0.2, 0.25) is 0 Å². The number of hydrogen-bond acceptors (Lipinski definition) is 21. The highest BCUT2D eigenvalue weighted by molar-refractivity contribution is 5.94. The molecule has 0 aliphatic rings. The van der Waals surface area contributed by atoms with Crippen molar-refractivity contribution in [1.82, 2.24) is 35.0 Å². The molecule has 0 saturated heterocycles. The SMILES string of the molecule is C=C(C#N)C(O)c1cccc(Nc2cc(Nc3ccc(Oc4ccccc4)cc3)ncn2)c1.C=CC#N.CON(C)C(=O)c1cccc(Nc2cc(Nc3ccc(Oc4ccccc4)cc3)ncn2)c1.O=Cc1cccc(Nc2cc(Nc3ccc(Oc4ccccc4)cc3)ncn2)c1. The highest BCUT2D eigenvalue weighted by Crippen LogP contribution is 2.30. The molecule has 12 aromatic rings. The fourth-order valence-electron chi connectivity index (χ4n) is 8.80. The van der Waals surface area contributed by atoms with E-state index in [1.54, 1.807) is 79.8 Å². The molecule has 0 spiro atoms. The first-order valence-corrected chi connectivity index (χ1v) is 30.3. The number of nitriles is 2. The largest absolute Gasteiger partial charge is 0.457 e. The molecule has 1 amide bonds. The van der Waals surface area contributed by atoms with E-state index in [2.05, 4.69) is 75.0 Å². The average molecular weight is 1310 g/mol. The molecule has 12 rings (SSSR count). The fraction of sp³-hybridized carbons (Fsp3) is 0.0390. The molecule has 0 saturated carbocycles. The molecular formula is C77H65N15O7. The lowest BCUT2D eigenvalue weighted by atomic mass is 10.0. The van der Waals surface area contributed by atoms with Crippen LogP contribution in [0, 0.1) is 22.7 Å². The van der Waals surface area contributed by atoms with E-state index < -0.39 is 6.10 Å². The topological polar surface area (TPSA) is 292 Å². The molecule has 0 aliphatic carbocycles. The van der Waals surface area contributed by atoms with Gasteiger partial charge < -0.3 is 51.2 Å². The first-order chi connectivity index (χ1) is 48.4.